The summed E-state index contributed by atoms with van der Waals surface area (Å²) in [4.78, 5) is 21.8. The normalized spacial score (nSPS) is 11.5. The first-order valence-corrected chi connectivity index (χ1v) is 5.89. The van der Waals surface area contributed by atoms with Crippen molar-refractivity contribution in [2.75, 3.05) is 6.61 Å². The van der Waals surface area contributed by atoms with E-state index in [4.69, 9.17) is 9.84 Å². The SMILES string of the molecule is CC(=CCCOC(=O)C=Cc1ccccc1)C(=O)O. The Hall–Kier alpha value is -2.36. The van der Waals surface area contributed by atoms with Crippen LogP contribution in [0, 0.1) is 0 Å². The number of esters is 1. The van der Waals surface area contributed by atoms with Crippen LogP contribution in [0.2, 0.25) is 0 Å². The van der Waals surface area contributed by atoms with E-state index < -0.39 is 11.9 Å². The van der Waals surface area contributed by atoms with Crippen molar-refractivity contribution in [1.29, 1.82) is 0 Å². The van der Waals surface area contributed by atoms with Crippen LogP contribution in [0.25, 0.3) is 6.08 Å². The number of hydrogen-bond donors (Lipinski definition) is 1. The van der Waals surface area contributed by atoms with Gasteiger partial charge in [-0.1, -0.05) is 36.4 Å². The van der Waals surface area contributed by atoms with E-state index in [0.717, 1.165) is 5.56 Å². The summed E-state index contributed by atoms with van der Waals surface area (Å²) in [5.41, 5.74) is 1.16. The maximum atomic E-state index is 11.3. The summed E-state index contributed by atoms with van der Waals surface area (Å²) in [7, 11) is 0. The van der Waals surface area contributed by atoms with E-state index in [1.807, 2.05) is 30.3 Å². The second-order valence-electron chi connectivity index (χ2n) is 3.89. The molecule has 0 aromatic heterocycles. The fourth-order valence-electron chi connectivity index (χ4n) is 1.30. The van der Waals surface area contributed by atoms with Crippen molar-refractivity contribution in [3.05, 3.63) is 53.6 Å². The average Bonchev–Trinajstić information content (AvgIpc) is 2.42. The van der Waals surface area contributed by atoms with Gasteiger partial charge in [0.15, 0.2) is 0 Å². The maximum Gasteiger partial charge on any atom is 0.330 e. The smallest absolute Gasteiger partial charge is 0.330 e. The third-order valence-corrected chi connectivity index (χ3v) is 2.36. The van der Waals surface area contributed by atoms with Gasteiger partial charge in [-0.2, -0.15) is 0 Å². The molecular weight excluding hydrogens is 244 g/mol. The molecule has 0 amide bonds. The average molecular weight is 260 g/mol. The van der Waals surface area contributed by atoms with Crippen molar-refractivity contribution < 1.29 is 19.4 Å². The van der Waals surface area contributed by atoms with Gasteiger partial charge in [0, 0.05) is 18.1 Å². The molecule has 1 N–H and O–H groups in total. The Morgan fingerprint density at radius 1 is 1.26 bits per heavy atom. The summed E-state index contributed by atoms with van der Waals surface area (Å²) in [6, 6.07) is 9.41. The predicted molar refractivity (Wildman–Crippen MR) is 72.4 cm³/mol. The lowest BCUT2D eigenvalue weighted by Gasteiger charge is -1.99. The number of rotatable bonds is 6. The van der Waals surface area contributed by atoms with Crippen LogP contribution >= 0.6 is 0 Å². The van der Waals surface area contributed by atoms with E-state index in [2.05, 4.69) is 0 Å². The lowest BCUT2D eigenvalue weighted by Crippen LogP contribution is -2.02. The van der Waals surface area contributed by atoms with E-state index in [9.17, 15) is 9.59 Å². The molecule has 1 rings (SSSR count). The molecule has 0 atom stereocenters. The van der Waals surface area contributed by atoms with E-state index in [1.165, 1.54) is 19.1 Å². The second kappa shape index (κ2) is 7.87. The number of ether oxygens (including phenoxy) is 1. The molecule has 0 aliphatic carbocycles. The Balaban J connectivity index is 2.31. The van der Waals surface area contributed by atoms with Gasteiger partial charge in [0.1, 0.15) is 0 Å². The van der Waals surface area contributed by atoms with Crippen molar-refractivity contribution in [3.8, 4) is 0 Å². The van der Waals surface area contributed by atoms with Gasteiger partial charge in [0.25, 0.3) is 0 Å². The summed E-state index contributed by atoms with van der Waals surface area (Å²) >= 11 is 0. The number of carboxylic acids is 1. The van der Waals surface area contributed by atoms with Crippen LogP contribution in [0.1, 0.15) is 18.9 Å². The Bertz CT molecular complexity index is 486. The zero-order valence-electron chi connectivity index (χ0n) is 10.7. The Morgan fingerprint density at radius 2 is 1.95 bits per heavy atom. The standard InChI is InChI=1S/C15H16O4/c1-12(15(17)18)6-5-11-19-14(16)10-9-13-7-3-2-4-8-13/h2-4,6-10H,5,11H2,1H3,(H,17,18). The minimum Gasteiger partial charge on any atom is -0.478 e. The largest absolute Gasteiger partial charge is 0.478 e. The van der Waals surface area contributed by atoms with Crippen molar-refractivity contribution in [2.45, 2.75) is 13.3 Å². The highest BCUT2D eigenvalue weighted by molar-refractivity contribution is 5.87. The van der Waals surface area contributed by atoms with Crippen molar-refractivity contribution >= 4 is 18.0 Å². The third-order valence-electron chi connectivity index (χ3n) is 2.36. The van der Waals surface area contributed by atoms with Gasteiger partial charge in [-0.25, -0.2) is 9.59 Å². The summed E-state index contributed by atoms with van der Waals surface area (Å²) in [5, 5.41) is 8.61. The highest BCUT2D eigenvalue weighted by Crippen LogP contribution is 2.01. The number of benzene rings is 1. The highest BCUT2D eigenvalue weighted by atomic mass is 16.5. The molecule has 0 bridgehead atoms. The van der Waals surface area contributed by atoms with Crippen LogP contribution in [0.4, 0.5) is 0 Å². The maximum absolute atomic E-state index is 11.3. The number of carboxylic acid groups (broad SMARTS) is 1. The number of carbonyl (C=O) groups excluding carboxylic acids is 1. The monoisotopic (exact) mass is 260 g/mol. The van der Waals surface area contributed by atoms with Crippen LogP contribution in [0.3, 0.4) is 0 Å². The molecule has 4 heteroatoms. The lowest BCUT2D eigenvalue weighted by molar-refractivity contribution is -0.137. The summed E-state index contributed by atoms with van der Waals surface area (Å²) in [6.07, 6.45) is 4.93. The third kappa shape index (κ3) is 6.21. The van der Waals surface area contributed by atoms with Crippen molar-refractivity contribution in [3.63, 3.8) is 0 Å². The fourth-order valence-corrected chi connectivity index (χ4v) is 1.30. The Labute approximate surface area is 112 Å². The topological polar surface area (TPSA) is 63.6 Å². The lowest BCUT2D eigenvalue weighted by atomic mass is 10.2. The molecule has 0 aliphatic heterocycles. The number of aliphatic carboxylic acids is 1. The van der Waals surface area contributed by atoms with Crippen molar-refractivity contribution in [1.82, 2.24) is 0 Å². The second-order valence-corrected chi connectivity index (χ2v) is 3.89. The van der Waals surface area contributed by atoms with Gasteiger partial charge in [-0.05, 0) is 18.6 Å². The quantitative estimate of drug-likeness (QED) is 0.485. The first-order chi connectivity index (χ1) is 9.09. The first-order valence-electron chi connectivity index (χ1n) is 5.89. The summed E-state index contributed by atoms with van der Waals surface area (Å²) in [5.74, 6) is -1.40. The van der Waals surface area contributed by atoms with Gasteiger partial charge in [0.2, 0.25) is 0 Å². The minimum absolute atomic E-state index is 0.169. The zero-order chi connectivity index (χ0) is 14.1. The van der Waals surface area contributed by atoms with Crippen LogP contribution < -0.4 is 0 Å². The molecule has 0 fully saturated rings. The number of hydrogen-bond acceptors (Lipinski definition) is 3. The zero-order valence-corrected chi connectivity index (χ0v) is 10.7. The molecule has 1 aromatic carbocycles. The fraction of sp³-hybridized carbons (Fsp3) is 0.200. The molecule has 0 aliphatic rings. The van der Waals surface area contributed by atoms with E-state index in [1.54, 1.807) is 6.08 Å². The van der Waals surface area contributed by atoms with Gasteiger partial charge >= 0.3 is 11.9 Å². The van der Waals surface area contributed by atoms with Crippen molar-refractivity contribution in [2.24, 2.45) is 0 Å². The van der Waals surface area contributed by atoms with E-state index in [-0.39, 0.29) is 12.2 Å². The number of carbonyl (C=O) groups is 2. The molecule has 0 spiro atoms. The van der Waals surface area contributed by atoms with E-state index >= 15 is 0 Å². The summed E-state index contributed by atoms with van der Waals surface area (Å²) < 4.78 is 4.93. The molecule has 1 aromatic rings. The first kappa shape index (κ1) is 14.7. The van der Waals surface area contributed by atoms with Gasteiger partial charge in [0.05, 0.1) is 6.61 Å². The van der Waals surface area contributed by atoms with Gasteiger partial charge < -0.3 is 9.84 Å². The molecule has 4 nitrogen and oxygen atoms in total. The summed E-state index contributed by atoms with van der Waals surface area (Å²) in [6.45, 7) is 1.67. The molecule has 0 radical (unpaired) electrons. The Kier molecular flexibility index (Phi) is 6.09. The molecule has 19 heavy (non-hydrogen) atoms. The van der Waals surface area contributed by atoms with E-state index in [0.29, 0.717) is 6.42 Å². The molecule has 100 valence electrons. The highest BCUT2D eigenvalue weighted by Gasteiger charge is 1.99. The Morgan fingerprint density at radius 3 is 2.58 bits per heavy atom. The van der Waals surface area contributed by atoms with Gasteiger partial charge in [-0.3, -0.25) is 0 Å². The van der Waals surface area contributed by atoms with Gasteiger partial charge in [-0.15, -0.1) is 0 Å². The molecule has 0 saturated carbocycles. The minimum atomic E-state index is -0.963. The molecular formula is C15H16O4. The van der Waals surface area contributed by atoms with Crippen LogP contribution in [0.5, 0.6) is 0 Å². The predicted octanol–water partition coefficient (Wildman–Crippen LogP) is 2.66. The molecule has 0 heterocycles. The van der Waals surface area contributed by atoms with Crippen LogP contribution in [-0.2, 0) is 14.3 Å². The molecule has 0 unspecified atom stereocenters. The molecule has 0 saturated heterocycles. The van der Waals surface area contributed by atoms with Crippen LogP contribution in [0.15, 0.2) is 48.1 Å². The van der Waals surface area contributed by atoms with Crippen LogP contribution in [-0.4, -0.2) is 23.7 Å².